The number of carbonyl (C=O) groups excluding carboxylic acids is 2. The number of benzene rings is 2. The maximum Gasteiger partial charge on any atom is 0.338 e. The Morgan fingerprint density at radius 3 is 2.75 bits per heavy atom. The normalized spacial score (nSPS) is 13.8. The van der Waals surface area contributed by atoms with Crippen molar-refractivity contribution in [3.05, 3.63) is 71.6 Å². The van der Waals surface area contributed by atoms with Crippen LogP contribution in [0, 0.1) is 6.92 Å². The van der Waals surface area contributed by atoms with Gasteiger partial charge in [-0.05, 0) is 43.7 Å². The van der Waals surface area contributed by atoms with Gasteiger partial charge in [0.25, 0.3) is 0 Å². The van der Waals surface area contributed by atoms with Gasteiger partial charge in [-0.1, -0.05) is 24.3 Å². The van der Waals surface area contributed by atoms with Gasteiger partial charge < -0.3 is 14.1 Å². The van der Waals surface area contributed by atoms with Crippen LogP contribution in [0.2, 0.25) is 0 Å². The molecule has 1 aliphatic heterocycles. The summed E-state index contributed by atoms with van der Waals surface area (Å²) in [6.45, 7) is 2.49. The third-order valence-electron chi connectivity index (χ3n) is 4.72. The number of carbonyl (C=O) groups is 2. The minimum absolute atomic E-state index is 0.0217. The van der Waals surface area contributed by atoms with Gasteiger partial charge in [-0.15, -0.1) is 0 Å². The molecular formula is C22H20N2O4. The van der Waals surface area contributed by atoms with Crippen molar-refractivity contribution in [2.75, 3.05) is 11.4 Å². The monoisotopic (exact) mass is 376 g/mol. The number of hydrogen-bond acceptors (Lipinski definition) is 5. The zero-order valence-electron chi connectivity index (χ0n) is 15.6. The van der Waals surface area contributed by atoms with E-state index < -0.39 is 5.97 Å². The Labute approximate surface area is 162 Å². The number of oxazole rings is 1. The number of anilines is 1. The molecule has 0 atom stereocenters. The number of nitrogens with zero attached hydrogens (tertiary/aromatic N) is 2. The molecule has 1 saturated heterocycles. The Bertz CT molecular complexity index is 1010. The summed E-state index contributed by atoms with van der Waals surface area (Å²) < 4.78 is 11.1. The average Bonchev–Trinajstić information content (AvgIpc) is 3.32. The molecule has 1 fully saturated rings. The summed E-state index contributed by atoms with van der Waals surface area (Å²) in [4.78, 5) is 30.5. The Kier molecular flexibility index (Phi) is 4.93. The molecule has 1 amide bonds. The summed E-state index contributed by atoms with van der Waals surface area (Å²) in [5.41, 5.74) is 2.58. The molecule has 142 valence electrons. The molecule has 1 aromatic heterocycles. The minimum Gasteiger partial charge on any atom is -0.455 e. The molecule has 0 saturated carbocycles. The van der Waals surface area contributed by atoms with Crippen molar-refractivity contribution in [3.8, 4) is 11.5 Å². The van der Waals surface area contributed by atoms with Crippen LogP contribution >= 0.6 is 0 Å². The Hall–Kier alpha value is -3.41. The second-order valence-electron chi connectivity index (χ2n) is 6.66. The third kappa shape index (κ3) is 3.67. The van der Waals surface area contributed by atoms with Crippen LogP contribution in [0.15, 0.2) is 59.0 Å². The first-order chi connectivity index (χ1) is 13.6. The van der Waals surface area contributed by atoms with E-state index in [2.05, 4.69) is 4.98 Å². The topological polar surface area (TPSA) is 72.6 Å². The molecule has 0 spiro atoms. The number of aromatic nitrogens is 1. The van der Waals surface area contributed by atoms with E-state index in [1.165, 1.54) is 0 Å². The predicted octanol–water partition coefficient (Wildman–Crippen LogP) is 4.13. The lowest BCUT2D eigenvalue weighted by molar-refractivity contribution is -0.117. The second-order valence-corrected chi connectivity index (χ2v) is 6.66. The fraction of sp³-hybridized carbons (Fsp3) is 0.227. The van der Waals surface area contributed by atoms with Gasteiger partial charge >= 0.3 is 5.97 Å². The highest BCUT2D eigenvalue weighted by atomic mass is 16.5. The second kappa shape index (κ2) is 7.68. The summed E-state index contributed by atoms with van der Waals surface area (Å²) in [5.74, 6) is 0.732. The van der Waals surface area contributed by atoms with Crippen LogP contribution in [0.3, 0.4) is 0 Å². The summed E-state index contributed by atoms with van der Waals surface area (Å²) in [6, 6.07) is 16.5. The highest BCUT2D eigenvalue weighted by Gasteiger charge is 2.22. The highest BCUT2D eigenvalue weighted by molar-refractivity contribution is 5.97. The van der Waals surface area contributed by atoms with Gasteiger partial charge in [0.2, 0.25) is 11.8 Å². The van der Waals surface area contributed by atoms with E-state index in [1.54, 1.807) is 30.0 Å². The lowest BCUT2D eigenvalue weighted by atomic mass is 10.2. The molecule has 0 radical (unpaired) electrons. The predicted molar refractivity (Wildman–Crippen MR) is 104 cm³/mol. The third-order valence-corrected chi connectivity index (χ3v) is 4.72. The first kappa shape index (κ1) is 18.0. The van der Waals surface area contributed by atoms with Crippen molar-refractivity contribution in [2.45, 2.75) is 26.4 Å². The van der Waals surface area contributed by atoms with Crippen LogP contribution in [0.1, 0.15) is 34.7 Å². The first-order valence-corrected chi connectivity index (χ1v) is 9.21. The van der Waals surface area contributed by atoms with Crippen molar-refractivity contribution < 1.29 is 18.7 Å². The highest BCUT2D eigenvalue weighted by Crippen LogP contribution is 2.24. The van der Waals surface area contributed by atoms with Gasteiger partial charge in [-0.2, -0.15) is 0 Å². The van der Waals surface area contributed by atoms with Crippen LogP contribution < -0.4 is 4.90 Å². The van der Waals surface area contributed by atoms with Crippen LogP contribution in [0.25, 0.3) is 11.5 Å². The lowest BCUT2D eigenvalue weighted by Gasteiger charge is -2.16. The summed E-state index contributed by atoms with van der Waals surface area (Å²) in [7, 11) is 0. The van der Waals surface area contributed by atoms with Gasteiger partial charge in [-0.25, -0.2) is 9.78 Å². The average molecular weight is 376 g/mol. The molecule has 0 aliphatic carbocycles. The van der Waals surface area contributed by atoms with Gasteiger partial charge in [0.05, 0.1) is 5.56 Å². The molecule has 4 rings (SSSR count). The largest absolute Gasteiger partial charge is 0.455 e. The van der Waals surface area contributed by atoms with E-state index in [4.69, 9.17) is 9.15 Å². The smallest absolute Gasteiger partial charge is 0.338 e. The number of ether oxygens (including phenoxy) is 1. The van der Waals surface area contributed by atoms with E-state index in [0.29, 0.717) is 35.9 Å². The quantitative estimate of drug-likeness (QED) is 0.626. The molecule has 3 aromatic rings. The van der Waals surface area contributed by atoms with E-state index in [1.807, 2.05) is 36.4 Å². The molecule has 6 heteroatoms. The summed E-state index contributed by atoms with van der Waals surface area (Å²) in [6.07, 6.45) is 1.38. The minimum atomic E-state index is -0.461. The molecule has 2 heterocycles. The standard InChI is InChI=1S/C22H20N2O4/c1-15-19(23-21(28-15)16-7-3-2-4-8-16)14-27-22(26)17-9-5-10-18(13-17)24-12-6-11-20(24)25/h2-5,7-10,13H,6,11-12,14H2,1H3. The molecular weight excluding hydrogens is 356 g/mol. The SMILES string of the molecule is Cc1oc(-c2ccccc2)nc1COC(=O)c1cccc(N2CCCC2=O)c1. The molecule has 0 N–H and O–H groups in total. The number of amides is 1. The van der Waals surface area contributed by atoms with Crippen molar-refractivity contribution >= 4 is 17.6 Å². The van der Waals surface area contributed by atoms with Crippen molar-refractivity contribution in [1.82, 2.24) is 4.98 Å². The van der Waals surface area contributed by atoms with Gasteiger partial charge in [0.15, 0.2) is 0 Å². The zero-order chi connectivity index (χ0) is 19.5. The maximum absolute atomic E-state index is 12.5. The summed E-state index contributed by atoms with van der Waals surface area (Å²) in [5, 5.41) is 0. The van der Waals surface area contributed by atoms with Crippen LogP contribution in [-0.4, -0.2) is 23.4 Å². The number of rotatable bonds is 5. The van der Waals surface area contributed by atoms with Crippen LogP contribution in [-0.2, 0) is 16.1 Å². The van der Waals surface area contributed by atoms with E-state index in [-0.39, 0.29) is 12.5 Å². The molecule has 0 unspecified atom stereocenters. The fourth-order valence-electron chi connectivity index (χ4n) is 3.21. The summed E-state index contributed by atoms with van der Waals surface area (Å²) >= 11 is 0. The van der Waals surface area contributed by atoms with Crippen molar-refractivity contribution in [3.63, 3.8) is 0 Å². The Balaban J connectivity index is 1.45. The number of esters is 1. The van der Waals surface area contributed by atoms with Crippen molar-refractivity contribution in [2.24, 2.45) is 0 Å². The van der Waals surface area contributed by atoms with Crippen LogP contribution in [0.5, 0.6) is 0 Å². The molecule has 2 aromatic carbocycles. The van der Waals surface area contributed by atoms with E-state index in [9.17, 15) is 9.59 Å². The van der Waals surface area contributed by atoms with E-state index in [0.717, 1.165) is 17.7 Å². The zero-order valence-corrected chi connectivity index (χ0v) is 15.6. The maximum atomic E-state index is 12.5. The molecule has 28 heavy (non-hydrogen) atoms. The van der Waals surface area contributed by atoms with Gasteiger partial charge in [0.1, 0.15) is 18.1 Å². The van der Waals surface area contributed by atoms with Crippen molar-refractivity contribution in [1.29, 1.82) is 0 Å². The number of hydrogen-bond donors (Lipinski definition) is 0. The fourth-order valence-corrected chi connectivity index (χ4v) is 3.21. The van der Waals surface area contributed by atoms with Crippen LogP contribution in [0.4, 0.5) is 5.69 Å². The van der Waals surface area contributed by atoms with Gasteiger partial charge in [-0.3, -0.25) is 4.79 Å². The molecule has 0 bridgehead atoms. The number of aryl methyl sites for hydroxylation is 1. The molecule has 1 aliphatic rings. The Morgan fingerprint density at radius 2 is 2.00 bits per heavy atom. The van der Waals surface area contributed by atoms with Gasteiger partial charge in [0, 0.05) is 24.2 Å². The first-order valence-electron chi connectivity index (χ1n) is 9.21. The molecule has 6 nitrogen and oxygen atoms in total. The lowest BCUT2D eigenvalue weighted by Crippen LogP contribution is -2.23. The Morgan fingerprint density at radius 1 is 1.18 bits per heavy atom. The van der Waals surface area contributed by atoms with E-state index >= 15 is 0 Å².